The van der Waals surface area contributed by atoms with Gasteiger partial charge in [0.1, 0.15) is 0 Å². The van der Waals surface area contributed by atoms with Crippen LogP contribution in [0.1, 0.15) is 10.4 Å². The molecule has 0 bridgehead atoms. The molecular weight excluding hydrogens is 206 g/mol. The Hall–Kier alpha value is -1.46. The number of likely N-dealkylation sites (N-methyl/N-ethyl adjacent to an activating group) is 1. The van der Waals surface area contributed by atoms with Gasteiger partial charge in [0.15, 0.2) is 0 Å². The summed E-state index contributed by atoms with van der Waals surface area (Å²) in [6.07, 6.45) is 2.57. The van der Waals surface area contributed by atoms with E-state index in [4.69, 9.17) is 0 Å². The summed E-state index contributed by atoms with van der Waals surface area (Å²) in [4.78, 5) is 17.3. The molecule has 0 saturated carbocycles. The summed E-state index contributed by atoms with van der Waals surface area (Å²) in [6.45, 7) is 0.774. The molecular formula is C11H17N3O2. The molecule has 1 atom stereocenters. The highest BCUT2D eigenvalue weighted by Gasteiger charge is 2.09. The molecule has 0 aliphatic rings. The Balaban J connectivity index is 2.36. The predicted octanol–water partition coefficient (Wildman–Crippen LogP) is -0.266. The average molecular weight is 223 g/mol. The fourth-order valence-corrected chi connectivity index (χ4v) is 1.30. The van der Waals surface area contributed by atoms with Crippen LogP contribution < -0.4 is 5.32 Å². The van der Waals surface area contributed by atoms with Crippen LogP contribution in [0.15, 0.2) is 24.5 Å². The molecule has 16 heavy (non-hydrogen) atoms. The molecule has 1 unspecified atom stereocenters. The van der Waals surface area contributed by atoms with Crippen molar-refractivity contribution in [3.05, 3.63) is 30.1 Å². The van der Waals surface area contributed by atoms with Gasteiger partial charge < -0.3 is 15.3 Å². The van der Waals surface area contributed by atoms with Crippen molar-refractivity contribution in [1.29, 1.82) is 0 Å². The lowest BCUT2D eigenvalue weighted by Gasteiger charge is -2.16. The first kappa shape index (κ1) is 12.6. The maximum Gasteiger partial charge on any atom is 0.251 e. The first-order chi connectivity index (χ1) is 7.59. The molecule has 1 aromatic heterocycles. The number of aliphatic hydroxyl groups is 1. The summed E-state index contributed by atoms with van der Waals surface area (Å²) in [7, 11) is 3.74. The molecule has 0 aliphatic heterocycles. The summed E-state index contributed by atoms with van der Waals surface area (Å²) < 4.78 is 0. The molecule has 0 fully saturated rings. The van der Waals surface area contributed by atoms with E-state index in [1.54, 1.807) is 24.5 Å². The first-order valence-electron chi connectivity index (χ1n) is 5.10. The van der Waals surface area contributed by atoms with Crippen molar-refractivity contribution >= 4 is 5.91 Å². The largest absolute Gasteiger partial charge is 0.390 e. The third-order valence-electron chi connectivity index (χ3n) is 2.02. The van der Waals surface area contributed by atoms with Crippen molar-refractivity contribution in [2.45, 2.75) is 6.10 Å². The van der Waals surface area contributed by atoms with Crippen molar-refractivity contribution in [1.82, 2.24) is 15.2 Å². The van der Waals surface area contributed by atoms with Gasteiger partial charge in [-0.2, -0.15) is 0 Å². The molecule has 1 amide bonds. The van der Waals surface area contributed by atoms with Crippen molar-refractivity contribution < 1.29 is 9.90 Å². The number of pyridine rings is 1. The molecule has 1 aromatic rings. The van der Waals surface area contributed by atoms with Crippen LogP contribution >= 0.6 is 0 Å². The number of hydrogen-bond acceptors (Lipinski definition) is 4. The Kier molecular flexibility index (Phi) is 4.88. The van der Waals surface area contributed by atoms with Gasteiger partial charge in [-0.15, -0.1) is 0 Å². The lowest BCUT2D eigenvalue weighted by molar-refractivity contribution is 0.0892. The first-order valence-corrected chi connectivity index (χ1v) is 5.10. The fourth-order valence-electron chi connectivity index (χ4n) is 1.30. The van der Waals surface area contributed by atoms with Crippen LogP contribution in [0.2, 0.25) is 0 Å². The molecule has 88 valence electrons. The highest BCUT2D eigenvalue weighted by Crippen LogP contribution is 1.95. The van der Waals surface area contributed by atoms with Crippen LogP contribution in [0.4, 0.5) is 0 Å². The molecule has 0 saturated heterocycles. The zero-order chi connectivity index (χ0) is 12.0. The van der Waals surface area contributed by atoms with Crippen LogP contribution in [0.25, 0.3) is 0 Å². The van der Waals surface area contributed by atoms with E-state index < -0.39 is 6.10 Å². The lowest BCUT2D eigenvalue weighted by atomic mass is 10.2. The van der Waals surface area contributed by atoms with Crippen molar-refractivity contribution in [3.63, 3.8) is 0 Å². The second-order valence-electron chi connectivity index (χ2n) is 3.86. The lowest BCUT2D eigenvalue weighted by Crippen LogP contribution is -2.37. The maximum atomic E-state index is 11.6. The van der Waals surface area contributed by atoms with Gasteiger partial charge >= 0.3 is 0 Å². The van der Waals surface area contributed by atoms with Gasteiger partial charge in [0.25, 0.3) is 5.91 Å². The molecule has 1 heterocycles. The van der Waals surface area contributed by atoms with Crippen LogP contribution in [-0.2, 0) is 0 Å². The van der Waals surface area contributed by atoms with E-state index in [9.17, 15) is 9.90 Å². The number of nitrogens with one attached hydrogen (secondary N) is 1. The maximum absolute atomic E-state index is 11.6. The minimum atomic E-state index is -0.555. The van der Waals surface area contributed by atoms with E-state index >= 15 is 0 Å². The van der Waals surface area contributed by atoms with Gasteiger partial charge in [0.05, 0.1) is 6.10 Å². The SMILES string of the molecule is CN(C)CC(O)CNC(=O)c1ccncc1. The van der Waals surface area contributed by atoms with Crippen molar-refractivity contribution in [2.24, 2.45) is 0 Å². The van der Waals surface area contributed by atoms with E-state index in [1.807, 2.05) is 19.0 Å². The summed E-state index contributed by atoms with van der Waals surface area (Å²) in [5.74, 6) is -0.194. The normalized spacial score (nSPS) is 12.5. The van der Waals surface area contributed by atoms with E-state index in [1.165, 1.54) is 0 Å². The number of amides is 1. The van der Waals surface area contributed by atoms with Crippen molar-refractivity contribution in [2.75, 3.05) is 27.2 Å². The highest BCUT2D eigenvalue weighted by atomic mass is 16.3. The quantitative estimate of drug-likeness (QED) is 0.721. The number of carbonyl (C=O) groups is 1. The Morgan fingerprint density at radius 1 is 1.50 bits per heavy atom. The standard InChI is InChI=1S/C11H17N3O2/c1-14(2)8-10(15)7-13-11(16)9-3-5-12-6-4-9/h3-6,10,15H,7-8H2,1-2H3,(H,13,16). The van der Waals surface area contributed by atoms with Crippen LogP contribution in [-0.4, -0.2) is 54.2 Å². The molecule has 0 spiro atoms. The van der Waals surface area contributed by atoms with Gasteiger partial charge in [0.2, 0.25) is 0 Å². The number of carbonyl (C=O) groups excluding carboxylic acids is 1. The van der Waals surface area contributed by atoms with E-state index in [-0.39, 0.29) is 12.5 Å². The summed E-state index contributed by atoms with van der Waals surface area (Å²) >= 11 is 0. The van der Waals surface area contributed by atoms with Crippen LogP contribution in [0, 0.1) is 0 Å². The monoisotopic (exact) mass is 223 g/mol. The second kappa shape index (κ2) is 6.19. The number of hydrogen-bond donors (Lipinski definition) is 2. The number of nitrogens with zero attached hydrogens (tertiary/aromatic N) is 2. The summed E-state index contributed by atoms with van der Waals surface area (Å²) in [5, 5.41) is 12.2. The molecule has 0 aliphatic carbocycles. The summed E-state index contributed by atoms with van der Waals surface area (Å²) in [5.41, 5.74) is 0.548. The average Bonchev–Trinajstić information content (AvgIpc) is 2.26. The van der Waals surface area contributed by atoms with E-state index in [2.05, 4.69) is 10.3 Å². The highest BCUT2D eigenvalue weighted by molar-refractivity contribution is 5.93. The van der Waals surface area contributed by atoms with Gasteiger partial charge in [0, 0.05) is 31.0 Å². The van der Waals surface area contributed by atoms with Gasteiger partial charge in [-0.3, -0.25) is 9.78 Å². The number of rotatable bonds is 5. The topological polar surface area (TPSA) is 65.5 Å². The minimum Gasteiger partial charge on any atom is -0.390 e. The van der Waals surface area contributed by atoms with Gasteiger partial charge in [-0.05, 0) is 26.2 Å². The third kappa shape index (κ3) is 4.37. The Morgan fingerprint density at radius 3 is 2.69 bits per heavy atom. The van der Waals surface area contributed by atoms with E-state index in [0.717, 1.165) is 0 Å². The zero-order valence-corrected chi connectivity index (χ0v) is 9.55. The van der Waals surface area contributed by atoms with Gasteiger partial charge in [-0.1, -0.05) is 0 Å². The zero-order valence-electron chi connectivity index (χ0n) is 9.55. The smallest absolute Gasteiger partial charge is 0.251 e. The van der Waals surface area contributed by atoms with Gasteiger partial charge in [-0.25, -0.2) is 0 Å². The predicted molar refractivity (Wildman–Crippen MR) is 61.1 cm³/mol. The van der Waals surface area contributed by atoms with Crippen LogP contribution in [0.3, 0.4) is 0 Å². The molecule has 2 N–H and O–H groups in total. The molecule has 0 aromatic carbocycles. The third-order valence-corrected chi connectivity index (χ3v) is 2.02. The second-order valence-corrected chi connectivity index (χ2v) is 3.86. The molecule has 0 radical (unpaired) electrons. The Bertz CT molecular complexity index is 327. The fraction of sp³-hybridized carbons (Fsp3) is 0.455. The molecule has 5 nitrogen and oxygen atoms in total. The van der Waals surface area contributed by atoms with Crippen molar-refractivity contribution in [3.8, 4) is 0 Å². The molecule has 5 heteroatoms. The Morgan fingerprint density at radius 2 is 2.12 bits per heavy atom. The molecule has 1 rings (SSSR count). The minimum absolute atomic E-state index is 0.194. The summed E-state index contributed by atoms with van der Waals surface area (Å²) in [6, 6.07) is 3.27. The Labute approximate surface area is 95.1 Å². The number of aromatic nitrogens is 1. The number of aliphatic hydroxyl groups excluding tert-OH is 1. The van der Waals surface area contributed by atoms with E-state index in [0.29, 0.717) is 12.1 Å². The van der Waals surface area contributed by atoms with Crippen LogP contribution in [0.5, 0.6) is 0 Å².